The highest BCUT2D eigenvalue weighted by atomic mass is 19.1. The van der Waals surface area contributed by atoms with Crippen molar-refractivity contribution in [2.75, 3.05) is 0 Å². The fourth-order valence-electron chi connectivity index (χ4n) is 1.88. The van der Waals surface area contributed by atoms with Crippen molar-refractivity contribution in [3.8, 4) is 22.5 Å². The topological polar surface area (TPSA) is 25.8 Å². The maximum absolute atomic E-state index is 12.9. The van der Waals surface area contributed by atoms with E-state index in [0.717, 1.165) is 11.1 Å². The van der Waals surface area contributed by atoms with E-state index in [4.69, 9.17) is 0 Å². The maximum atomic E-state index is 12.9. The molecule has 4 heteroatoms. The molecule has 0 aliphatic carbocycles. The monoisotopic (exact) mass is 268 g/mol. The number of aromatic nitrogens is 2. The Morgan fingerprint density at radius 2 is 0.850 bits per heavy atom. The average molecular weight is 268 g/mol. The summed E-state index contributed by atoms with van der Waals surface area (Å²) >= 11 is 0. The third kappa shape index (κ3) is 2.54. The Hall–Kier alpha value is -2.62. The Balaban J connectivity index is 1.91. The van der Waals surface area contributed by atoms with Gasteiger partial charge in [-0.2, -0.15) is 0 Å². The van der Waals surface area contributed by atoms with Crippen molar-refractivity contribution in [3.05, 3.63) is 72.3 Å². The number of hydrogen-bond donors (Lipinski definition) is 0. The first-order valence-electron chi connectivity index (χ1n) is 6.08. The molecule has 1 heterocycles. The van der Waals surface area contributed by atoms with Gasteiger partial charge in [0.2, 0.25) is 0 Å². The van der Waals surface area contributed by atoms with Crippen molar-refractivity contribution < 1.29 is 8.78 Å². The number of nitrogens with zero attached hydrogens (tertiary/aromatic N) is 2. The second-order valence-electron chi connectivity index (χ2n) is 4.32. The molecule has 0 aliphatic heterocycles. The lowest BCUT2D eigenvalue weighted by Gasteiger charge is -2.03. The zero-order chi connectivity index (χ0) is 13.9. The molecule has 0 aliphatic rings. The molecule has 3 rings (SSSR count). The molecule has 2 aromatic carbocycles. The molecule has 0 radical (unpaired) electrons. The SMILES string of the molecule is Fc1ccc(-c2ccc(-c3ccc(F)cc3)nn2)cc1. The zero-order valence-corrected chi connectivity index (χ0v) is 10.4. The summed E-state index contributed by atoms with van der Waals surface area (Å²) in [5.74, 6) is -0.575. The maximum Gasteiger partial charge on any atom is 0.123 e. The van der Waals surface area contributed by atoms with E-state index in [0.29, 0.717) is 11.4 Å². The van der Waals surface area contributed by atoms with Crippen molar-refractivity contribution in [2.45, 2.75) is 0 Å². The molecule has 0 unspecified atom stereocenters. The van der Waals surface area contributed by atoms with E-state index in [2.05, 4.69) is 10.2 Å². The van der Waals surface area contributed by atoms with Crippen LogP contribution in [0.15, 0.2) is 60.7 Å². The Bertz CT molecular complexity index is 640. The molecule has 0 saturated heterocycles. The lowest BCUT2D eigenvalue weighted by molar-refractivity contribution is 0.627. The van der Waals surface area contributed by atoms with Crippen molar-refractivity contribution in [3.63, 3.8) is 0 Å². The number of hydrogen-bond acceptors (Lipinski definition) is 2. The lowest BCUT2D eigenvalue weighted by atomic mass is 10.1. The second-order valence-corrected chi connectivity index (χ2v) is 4.32. The molecule has 0 amide bonds. The van der Waals surface area contributed by atoms with Gasteiger partial charge in [0.1, 0.15) is 11.6 Å². The van der Waals surface area contributed by atoms with Gasteiger partial charge in [-0.05, 0) is 60.7 Å². The quantitative estimate of drug-likeness (QED) is 0.699. The first-order valence-corrected chi connectivity index (χ1v) is 6.08. The van der Waals surface area contributed by atoms with Gasteiger partial charge in [0.25, 0.3) is 0 Å². The van der Waals surface area contributed by atoms with Crippen LogP contribution >= 0.6 is 0 Å². The van der Waals surface area contributed by atoms with Gasteiger partial charge in [-0.1, -0.05) is 0 Å². The molecule has 0 spiro atoms. The van der Waals surface area contributed by atoms with Crippen molar-refractivity contribution in [1.82, 2.24) is 10.2 Å². The Morgan fingerprint density at radius 3 is 1.15 bits per heavy atom. The highest BCUT2D eigenvalue weighted by molar-refractivity contribution is 5.63. The van der Waals surface area contributed by atoms with Crippen LogP contribution in [0.5, 0.6) is 0 Å². The third-order valence-corrected chi connectivity index (χ3v) is 2.94. The summed E-state index contributed by atoms with van der Waals surface area (Å²) in [6.07, 6.45) is 0. The van der Waals surface area contributed by atoms with Gasteiger partial charge in [-0.15, -0.1) is 10.2 Å². The van der Waals surface area contributed by atoms with Gasteiger partial charge in [0.15, 0.2) is 0 Å². The molecule has 0 atom stereocenters. The fourth-order valence-corrected chi connectivity index (χ4v) is 1.88. The summed E-state index contributed by atoms with van der Waals surface area (Å²) < 4.78 is 25.7. The van der Waals surface area contributed by atoms with E-state index in [1.807, 2.05) is 0 Å². The number of rotatable bonds is 2. The summed E-state index contributed by atoms with van der Waals surface area (Å²) in [5, 5.41) is 8.22. The van der Waals surface area contributed by atoms with Crippen LogP contribution in [0, 0.1) is 11.6 Å². The summed E-state index contributed by atoms with van der Waals surface area (Å²) in [6, 6.07) is 15.7. The van der Waals surface area contributed by atoms with Gasteiger partial charge >= 0.3 is 0 Å². The van der Waals surface area contributed by atoms with Crippen LogP contribution in [0.25, 0.3) is 22.5 Å². The Morgan fingerprint density at radius 1 is 0.500 bits per heavy atom. The van der Waals surface area contributed by atoms with Gasteiger partial charge in [0.05, 0.1) is 11.4 Å². The van der Waals surface area contributed by atoms with Crippen molar-refractivity contribution in [1.29, 1.82) is 0 Å². The van der Waals surface area contributed by atoms with Gasteiger partial charge in [0, 0.05) is 11.1 Å². The van der Waals surface area contributed by atoms with E-state index in [-0.39, 0.29) is 11.6 Å². The van der Waals surface area contributed by atoms with E-state index in [1.165, 1.54) is 24.3 Å². The number of benzene rings is 2. The minimum absolute atomic E-state index is 0.287. The van der Waals surface area contributed by atoms with Crippen LogP contribution in [0.4, 0.5) is 8.78 Å². The zero-order valence-electron chi connectivity index (χ0n) is 10.4. The Kier molecular flexibility index (Phi) is 3.21. The van der Waals surface area contributed by atoms with Crippen LogP contribution in [0.2, 0.25) is 0 Å². The van der Waals surface area contributed by atoms with Crippen LogP contribution in [-0.4, -0.2) is 10.2 Å². The predicted molar refractivity (Wildman–Crippen MR) is 72.8 cm³/mol. The first kappa shape index (κ1) is 12.4. The standard InChI is InChI=1S/C16H10F2N2/c17-13-5-1-11(2-6-13)15-9-10-16(20-19-15)12-3-7-14(18)8-4-12/h1-10H. The average Bonchev–Trinajstić information content (AvgIpc) is 2.49. The predicted octanol–water partition coefficient (Wildman–Crippen LogP) is 4.09. The van der Waals surface area contributed by atoms with Crippen LogP contribution in [0.1, 0.15) is 0 Å². The van der Waals surface area contributed by atoms with E-state index >= 15 is 0 Å². The summed E-state index contributed by atoms with van der Waals surface area (Å²) in [7, 11) is 0. The summed E-state index contributed by atoms with van der Waals surface area (Å²) in [4.78, 5) is 0. The normalized spacial score (nSPS) is 10.5. The number of halogens is 2. The van der Waals surface area contributed by atoms with E-state index < -0.39 is 0 Å². The van der Waals surface area contributed by atoms with Crippen molar-refractivity contribution in [2.24, 2.45) is 0 Å². The molecule has 98 valence electrons. The van der Waals surface area contributed by atoms with E-state index in [9.17, 15) is 8.78 Å². The van der Waals surface area contributed by atoms with Crippen LogP contribution < -0.4 is 0 Å². The highest BCUT2D eigenvalue weighted by Gasteiger charge is 2.03. The molecule has 0 fully saturated rings. The third-order valence-electron chi connectivity index (χ3n) is 2.94. The summed E-state index contributed by atoms with van der Waals surface area (Å²) in [5.41, 5.74) is 2.92. The van der Waals surface area contributed by atoms with Crippen LogP contribution in [0.3, 0.4) is 0 Å². The minimum atomic E-state index is -0.287. The highest BCUT2D eigenvalue weighted by Crippen LogP contribution is 2.20. The smallest absolute Gasteiger partial charge is 0.123 e. The second kappa shape index (κ2) is 5.17. The summed E-state index contributed by atoms with van der Waals surface area (Å²) in [6.45, 7) is 0. The van der Waals surface area contributed by atoms with E-state index in [1.54, 1.807) is 36.4 Å². The van der Waals surface area contributed by atoms with Crippen molar-refractivity contribution >= 4 is 0 Å². The largest absolute Gasteiger partial charge is 0.207 e. The molecule has 20 heavy (non-hydrogen) atoms. The molecular formula is C16H10F2N2. The Labute approximate surface area is 114 Å². The minimum Gasteiger partial charge on any atom is -0.207 e. The molecular weight excluding hydrogens is 258 g/mol. The first-order chi connectivity index (χ1) is 9.72. The van der Waals surface area contributed by atoms with Gasteiger partial charge in [-0.25, -0.2) is 8.78 Å². The fraction of sp³-hybridized carbons (Fsp3) is 0. The molecule has 0 saturated carbocycles. The van der Waals surface area contributed by atoms with Gasteiger partial charge < -0.3 is 0 Å². The molecule has 3 aromatic rings. The lowest BCUT2D eigenvalue weighted by Crippen LogP contribution is -1.91. The van der Waals surface area contributed by atoms with Crippen LogP contribution in [-0.2, 0) is 0 Å². The van der Waals surface area contributed by atoms with Gasteiger partial charge in [-0.3, -0.25) is 0 Å². The molecule has 1 aromatic heterocycles. The molecule has 2 nitrogen and oxygen atoms in total. The molecule has 0 N–H and O–H groups in total. The molecule has 0 bridgehead atoms.